The Bertz CT molecular complexity index is 238. The lowest BCUT2D eigenvalue weighted by molar-refractivity contribution is 0.239. The third-order valence-corrected chi connectivity index (χ3v) is 4.07. The van der Waals surface area contributed by atoms with E-state index in [-0.39, 0.29) is 5.41 Å². The lowest BCUT2D eigenvalue weighted by Crippen LogP contribution is -2.39. The van der Waals surface area contributed by atoms with Crippen LogP contribution < -0.4 is 0 Å². The van der Waals surface area contributed by atoms with Crippen LogP contribution in [0.4, 0.5) is 0 Å². The maximum Gasteiger partial charge on any atom is 0.0939 e. The van der Waals surface area contributed by atoms with E-state index < -0.39 is 11.0 Å². The summed E-state index contributed by atoms with van der Waals surface area (Å²) in [7, 11) is -0.825. The molecule has 1 aliphatic heterocycles. The number of nitrogens with zero attached hydrogens (tertiary/aromatic N) is 2. The molecule has 0 amide bonds. The summed E-state index contributed by atoms with van der Waals surface area (Å²) in [5.41, 5.74) is -0.186. The van der Waals surface area contributed by atoms with Gasteiger partial charge in [-0.25, -0.2) is 8.51 Å². The minimum Gasteiger partial charge on any atom is -0.243 e. The fraction of sp³-hybridized carbons (Fsp3) is 0.889. The third-order valence-electron chi connectivity index (χ3n) is 2.63. The van der Waals surface area contributed by atoms with Crippen molar-refractivity contribution in [1.82, 2.24) is 4.31 Å². The molecule has 4 heteroatoms. The fourth-order valence-corrected chi connectivity index (χ4v) is 2.43. The van der Waals surface area contributed by atoms with Gasteiger partial charge in [0.05, 0.1) is 22.5 Å². The van der Waals surface area contributed by atoms with Gasteiger partial charge >= 0.3 is 0 Å². The zero-order valence-corrected chi connectivity index (χ0v) is 9.06. The van der Waals surface area contributed by atoms with Gasteiger partial charge in [-0.15, -0.1) is 0 Å². The number of rotatable bonds is 2. The molecule has 1 rings (SSSR count). The Morgan fingerprint density at radius 2 is 2.08 bits per heavy atom. The molecule has 1 aliphatic rings. The van der Waals surface area contributed by atoms with Crippen molar-refractivity contribution >= 4 is 11.0 Å². The summed E-state index contributed by atoms with van der Waals surface area (Å²) < 4.78 is 13.4. The van der Waals surface area contributed by atoms with Crippen LogP contribution in [-0.2, 0) is 11.0 Å². The highest BCUT2D eigenvalue weighted by molar-refractivity contribution is 7.82. The lowest BCUT2D eigenvalue weighted by atomic mass is 9.83. The minimum atomic E-state index is -0.825. The molecule has 1 saturated heterocycles. The molecule has 1 fully saturated rings. The van der Waals surface area contributed by atoms with Crippen molar-refractivity contribution in [3.8, 4) is 6.07 Å². The molecule has 0 radical (unpaired) electrons. The van der Waals surface area contributed by atoms with Gasteiger partial charge in [-0.2, -0.15) is 5.26 Å². The Hall–Kier alpha value is -0.400. The third kappa shape index (κ3) is 2.52. The van der Waals surface area contributed by atoms with E-state index in [0.717, 1.165) is 25.9 Å². The fourth-order valence-electron chi connectivity index (χ4n) is 1.48. The van der Waals surface area contributed by atoms with Crippen LogP contribution in [-0.4, -0.2) is 27.4 Å². The van der Waals surface area contributed by atoms with Crippen molar-refractivity contribution < 1.29 is 4.21 Å². The zero-order chi connectivity index (χ0) is 9.90. The van der Waals surface area contributed by atoms with Gasteiger partial charge in [-0.1, -0.05) is 6.92 Å². The molecule has 0 spiro atoms. The summed E-state index contributed by atoms with van der Waals surface area (Å²) in [5, 5.41) is 8.89. The molecular weight excluding hydrogens is 184 g/mol. The van der Waals surface area contributed by atoms with Crippen molar-refractivity contribution in [3.05, 3.63) is 0 Å². The van der Waals surface area contributed by atoms with Crippen LogP contribution in [0.5, 0.6) is 0 Å². The monoisotopic (exact) mass is 200 g/mol. The highest BCUT2D eigenvalue weighted by atomic mass is 32.2. The van der Waals surface area contributed by atoms with Crippen LogP contribution >= 0.6 is 0 Å². The first-order valence-electron chi connectivity index (χ1n) is 4.66. The molecule has 1 unspecified atom stereocenters. The molecule has 0 aliphatic carbocycles. The summed E-state index contributed by atoms with van der Waals surface area (Å²) in [4.78, 5) is 0. The second-order valence-electron chi connectivity index (χ2n) is 3.71. The Morgan fingerprint density at radius 3 is 2.46 bits per heavy atom. The number of hydrogen-bond donors (Lipinski definition) is 0. The molecule has 1 heterocycles. The van der Waals surface area contributed by atoms with E-state index in [1.165, 1.54) is 0 Å². The maximum atomic E-state index is 11.4. The van der Waals surface area contributed by atoms with E-state index in [1.807, 2.05) is 18.2 Å². The molecule has 0 N–H and O–H groups in total. The van der Waals surface area contributed by atoms with Crippen molar-refractivity contribution in [1.29, 1.82) is 5.26 Å². The van der Waals surface area contributed by atoms with Crippen molar-refractivity contribution in [2.45, 2.75) is 26.7 Å². The first-order chi connectivity index (χ1) is 6.11. The van der Waals surface area contributed by atoms with Gasteiger partial charge in [0.1, 0.15) is 0 Å². The quantitative estimate of drug-likeness (QED) is 0.674. The molecule has 74 valence electrons. The molecule has 0 bridgehead atoms. The molecule has 1 atom stereocenters. The summed E-state index contributed by atoms with van der Waals surface area (Å²) in [5.74, 6) is 0.684. The Kier molecular flexibility index (Phi) is 3.46. The van der Waals surface area contributed by atoms with E-state index in [1.54, 1.807) is 0 Å². The number of nitriles is 1. The first kappa shape index (κ1) is 10.7. The number of hydrogen-bond acceptors (Lipinski definition) is 2. The minimum absolute atomic E-state index is 0.186. The van der Waals surface area contributed by atoms with Gasteiger partial charge in [-0.05, 0) is 19.8 Å². The highest BCUT2D eigenvalue weighted by Crippen LogP contribution is 2.30. The number of piperidine rings is 1. The predicted molar refractivity (Wildman–Crippen MR) is 53.2 cm³/mol. The molecule has 0 saturated carbocycles. The van der Waals surface area contributed by atoms with Crippen LogP contribution in [0, 0.1) is 16.7 Å². The maximum absolute atomic E-state index is 11.4. The van der Waals surface area contributed by atoms with Gasteiger partial charge < -0.3 is 0 Å². The second-order valence-corrected chi connectivity index (χ2v) is 5.45. The van der Waals surface area contributed by atoms with Gasteiger partial charge in [0.15, 0.2) is 0 Å². The van der Waals surface area contributed by atoms with E-state index in [4.69, 9.17) is 5.26 Å². The molecule has 0 aromatic carbocycles. The summed E-state index contributed by atoms with van der Waals surface area (Å²) in [6.07, 6.45) is 1.68. The van der Waals surface area contributed by atoms with E-state index >= 15 is 0 Å². The Labute approximate surface area is 82.3 Å². The van der Waals surface area contributed by atoms with Gasteiger partial charge in [0.25, 0.3) is 0 Å². The average molecular weight is 200 g/mol. The smallest absolute Gasteiger partial charge is 0.0939 e. The zero-order valence-electron chi connectivity index (χ0n) is 8.25. The Morgan fingerprint density at radius 1 is 1.54 bits per heavy atom. The van der Waals surface area contributed by atoms with Crippen LogP contribution in [0.1, 0.15) is 26.7 Å². The molecular formula is C9H16N2OS. The van der Waals surface area contributed by atoms with Crippen molar-refractivity contribution in [2.75, 3.05) is 18.8 Å². The molecule has 0 aromatic heterocycles. The second kappa shape index (κ2) is 4.21. The molecule has 13 heavy (non-hydrogen) atoms. The van der Waals surface area contributed by atoms with Crippen LogP contribution in [0.25, 0.3) is 0 Å². The average Bonchev–Trinajstić information content (AvgIpc) is 2.18. The van der Waals surface area contributed by atoms with Gasteiger partial charge in [0, 0.05) is 18.8 Å². The summed E-state index contributed by atoms with van der Waals surface area (Å²) in [6, 6.07) is 2.33. The highest BCUT2D eigenvalue weighted by Gasteiger charge is 2.31. The first-order valence-corrected chi connectivity index (χ1v) is 5.93. The summed E-state index contributed by atoms with van der Waals surface area (Å²) in [6.45, 7) is 5.50. The molecule has 3 nitrogen and oxygen atoms in total. The topological polar surface area (TPSA) is 44.1 Å². The van der Waals surface area contributed by atoms with Crippen molar-refractivity contribution in [2.24, 2.45) is 5.41 Å². The SMILES string of the molecule is CCS(=O)N1CCC(C)(C#N)CC1. The normalized spacial score (nSPS) is 25.0. The van der Waals surface area contributed by atoms with Gasteiger partial charge in [-0.3, -0.25) is 0 Å². The van der Waals surface area contributed by atoms with Gasteiger partial charge in [0.2, 0.25) is 0 Å². The standard InChI is InChI=1S/C9H16N2OS/c1-3-13(12)11-6-4-9(2,8-10)5-7-11/h3-7H2,1-2H3. The Balaban J connectivity index is 2.49. The molecule has 0 aromatic rings. The van der Waals surface area contributed by atoms with E-state index in [0.29, 0.717) is 5.75 Å². The van der Waals surface area contributed by atoms with Crippen LogP contribution in [0.15, 0.2) is 0 Å². The van der Waals surface area contributed by atoms with E-state index in [2.05, 4.69) is 6.07 Å². The lowest BCUT2D eigenvalue weighted by Gasteiger charge is -2.33. The van der Waals surface area contributed by atoms with Crippen molar-refractivity contribution in [3.63, 3.8) is 0 Å². The van der Waals surface area contributed by atoms with Crippen LogP contribution in [0.3, 0.4) is 0 Å². The largest absolute Gasteiger partial charge is 0.243 e. The predicted octanol–water partition coefficient (Wildman–Crippen LogP) is 1.30. The van der Waals surface area contributed by atoms with E-state index in [9.17, 15) is 4.21 Å². The van der Waals surface area contributed by atoms with Crippen LogP contribution in [0.2, 0.25) is 0 Å². The summed E-state index contributed by atoms with van der Waals surface area (Å²) >= 11 is 0.